The number of allylic oxidation sites excluding steroid dienone is 1. The van der Waals surface area contributed by atoms with Crippen LogP contribution in [0, 0.1) is 29.1 Å². The van der Waals surface area contributed by atoms with Crippen LogP contribution >= 0.6 is 0 Å². The number of hydrogen-bond donors (Lipinski definition) is 0. The second-order valence-electron chi connectivity index (χ2n) is 9.30. The molecule has 0 amide bonds. The third kappa shape index (κ3) is 2.00. The lowest BCUT2D eigenvalue weighted by Crippen LogP contribution is -2.48. The molecular weight excluding hydrogens is 300 g/mol. The minimum Gasteiger partial charge on any atom is -0.347 e. The van der Waals surface area contributed by atoms with Crippen molar-refractivity contribution in [3.05, 3.63) is 11.1 Å². The summed E-state index contributed by atoms with van der Waals surface area (Å²) in [5.74, 6) is 3.04. The standard InChI is InChI=1S/C21H30O3/c1-13-11-14-12-21(23-9-10-24-21)8-6-15(14)16-5-7-20(2)17(19(13)16)3-4-18(20)22/h13,16-17,19H,3-12H2,1-2H3/t13-,16-,17+,19-,20+/m1/s1. The van der Waals surface area contributed by atoms with Gasteiger partial charge in [-0.3, -0.25) is 4.79 Å². The summed E-state index contributed by atoms with van der Waals surface area (Å²) in [6, 6.07) is 0. The van der Waals surface area contributed by atoms with Gasteiger partial charge in [-0.1, -0.05) is 25.0 Å². The van der Waals surface area contributed by atoms with E-state index in [9.17, 15) is 4.79 Å². The molecule has 3 nitrogen and oxygen atoms in total. The van der Waals surface area contributed by atoms with Crippen LogP contribution in [0.4, 0.5) is 0 Å². The number of ether oxygens (including phenoxy) is 2. The maximum atomic E-state index is 12.5. The van der Waals surface area contributed by atoms with Gasteiger partial charge in [-0.15, -0.1) is 0 Å². The minimum absolute atomic E-state index is 0.0128. The van der Waals surface area contributed by atoms with Crippen LogP contribution in [0.3, 0.4) is 0 Å². The zero-order valence-electron chi connectivity index (χ0n) is 15.1. The quantitative estimate of drug-likeness (QED) is 0.623. The average molecular weight is 330 g/mol. The Labute approximate surface area is 145 Å². The molecule has 1 saturated heterocycles. The van der Waals surface area contributed by atoms with Crippen molar-refractivity contribution in [2.45, 2.75) is 71.0 Å². The normalized spacial score (nSPS) is 46.8. The van der Waals surface area contributed by atoms with Crippen molar-refractivity contribution in [2.75, 3.05) is 13.2 Å². The van der Waals surface area contributed by atoms with Crippen molar-refractivity contribution in [1.82, 2.24) is 0 Å². The van der Waals surface area contributed by atoms with Gasteiger partial charge in [0, 0.05) is 24.7 Å². The maximum Gasteiger partial charge on any atom is 0.172 e. The van der Waals surface area contributed by atoms with Crippen molar-refractivity contribution in [1.29, 1.82) is 0 Å². The summed E-state index contributed by atoms with van der Waals surface area (Å²) in [6.45, 7) is 6.23. The summed E-state index contributed by atoms with van der Waals surface area (Å²) in [5.41, 5.74) is 3.37. The molecule has 1 spiro atoms. The Bertz CT molecular complexity index is 600. The fraction of sp³-hybridized carbons (Fsp3) is 0.857. The number of carbonyl (C=O) groups excluding carboxylic acids is 1. The number of ketones is 1. The van der Waals surface area contributed by atoms with Gasteiger partial charge in [0.2, 0.25) is 0 Å². The first-order valence-corrected chi connectivity index (χ1v) is 10.0. The molecule has 3 heteroatoms. The van der Waals surface area contributed by atoms with E-state index in [1.165, 1.54) is 12.8 Å². The zero-order chi connectivity index (χ0) is 16.5. The lowest BCUT2D eigenvalue weighted by molar-refractivity contribution is -0.166. The van der Waals surface area contributed by atoms with Gasteiger partial charge in [-0.2, -0.15) is 0 Å². The molecule has 0 radical (unpaired) electrons. The Morgan fingerprint density at radius 1 is 1.08 bits per heavy atom. The van der Waals surface area contributed by atoms with Gasteiger partial charge in [0.15, 0.2) is 5.79 Å². The largest absolute Gasteiger partial charge is 0.347 e. The van der Waals surface area contributed by atoms with Gasteiger partial charge >= 0.3 is 0 Å². The summed E-state index contributed by atoms with van der Waals surface area (Å²) in [6.07, 6.45) is 8.68. The predicted molar refractivity (Wildman–Crippen MR) is 91.3 cm³/mol. The number of Topliss-reactive ketones (excluding diaryl/α,β-unsaturated/α-hetero) is 1. The van der Waals surface area contributed by atoms with Gasteiger partial charge in [-0.05, 0) is 55.8 Å². The third-order valence-corrected chi connectivity index (χ3v) is 8.24. The lowest BCUT2D eigenvalue weighted by Gasteiger charge is -2.53. The Morgan fingerprint density at radius 2 is 1.88 bits per heavy atom. The van der Waals surface area contributed by atoms with E-state index in [0.29, 0.717) is 17.6 Å². The van der Waals surface area contributed by atoms with Gasteiger partial charge in [0.05, 0.1) is 13.2 Å². The number of hydrogen-bond acceptors (Lipinski definition) is 3. The molecule has 0 N–H and O–H groups in total. The minimum atomic E-state index is -0.294. The SMILES string of the molecule is C[C@@H]1CC2=C(CCC3(C2)OCCO3)[C@H]2CC[C@]3(C)C(=O)CC[C@H]3[C@H]12. The Hall–Kier alpha value is -0.670. The fourth-order valence-corrected chi connectivity index (χ4v) is 7.12. The summed E-state index contributed by atoms with van der Waals surface area (Å²) in [4.78, 5) is 12.5. The summed E-state index contributed by atoms with van der Waals surface area (Å²) in [7, 11) is 0. The van der Waals surface area contributed by atoms with Crippen molar-refractivity contribution >= 4 is 5.78 Å². The number of fused-ring (bicyclic) bond motifs is 4. The van der Waals surface area contributed by atoms with Gasteiger partial charge in [0.25, 0.3) is 0 Å². The van der Waals surface area contributed by atoms with E-state index in [-0.39, 0.29) is 11.2 Å². The smallest absolute Gasteiger partial charge is 0.172 e. The van der Waals surface area contributed by atoms with Crippen LogP contribution in [0.2, 0.25) is 0 Å². The molecule has 5 rings (SSSR count). The number of carbonyl (C=O) groups is 1. The van der Waals surface area contributed by atoms with Crippen LogP contribution in [-0.4, -0.2) is 24.8 Å². The summed E-state index contributed by atoms with van der Waals surface area (Å²) >= 11 is 0. The molecule has 4 aliphatic carbocycles. The first-order chi connectivity index (χ1) is 11.5. The maximum absolute atomic E-state index is 12.5. The summed E-state index contributed by atoms with van der Waals surface area (Å²) in [5, 5.41) is 0. The molecule has 0 aromatic carbocycles. The molecule has 132 valence electrons. The molecule has 0 unspecified atom stereocenters. The van der Waals surface area contributed by atoms with E-state index >= 15 is 0 Å². The molecule has 0 bridgehead atoms. The highest BCUT2D eigenvalue weighted by molar-refractivity contribution is 5.87. The van der Waals surface area contributed by atoms with Gasteiger partial charge in [-0.25, -0.2) is 0 Å². The van der Waals surface area contributed by atoms with E-state index in [0.717, 1.165) is 63.6 Å². The topological polar surface area (TPSA) is 35.5 Å². The van der Waals surface area contributed by atoms with Gasteiger partial charge < -0.3 is 9.47 Å². The molecular formula is C21H30O3. The molecule has 0 aromatic rings. The highest BCUT2D eigenvalue weighted by atomic mass is 16.7. The Kier molecular flexibility index (Phi) is 3.35. The fourth-order valence-electron chi connectivity index (χ4n) is 7.12. The van der Waals surface area contributed by atoms with E-state index < -0.39 is 0 Å². The highest BCUT2D eigenvalue weighted by Crippen LogP contribution is 2.62. The molecule has 2 saturated carbocycles. The Morgan fingerprint density at radius 3 is 2.67 bits per heavy atom. The molecule has 3 fully saturated rings. The highest BCUT2D eigenvalue weighted by Gasteiger charge is 2.57. The van der Waals surface area contributed by atoms with Crippen molar-refractivity contribution < 1.29 is 14.3 Å². The molecule has 1 aliphatic heterocycles. The second-order valence-corrected chi connectivity index (χ2v) is 9.30. The average Bonchev–Trinajstić information content (AvgIpc) is 3.12. The second kappa shape index (κ2) is 5.17. The zero-order valence-corrected chi connectivity index (χ0v) is 15.1. The molecule has 5 aliphatic rings. The molecule has 1 heterocycles. The Balaban J connectivity index is 1.47. The monoisotopic (exact) mass is 330 g/mol. The molecule has 5 atom stereocenters. The van der Waals surface area contributed by atoms with Crippen LogP contribution in [0.1, 0.15) is 65.2 Å². The molecule has 0 aromatic heterocycles. The first-order valence-electron chi connectivity index (χ1n) is 10.0. The number of rotatable bonds is 0. The van der Waals surface area contributed by atoms with Crippen LogP contribution in [0.25, 0.3) is 0 Å². The first kappa shape index (κ1) is 15.6. The van der Waals surface area contributed by atoms with Crippen molar-refractivity contribution in [2.24, 2.45) is 29.1 Å². The van der Waals surface area contributed by atoms with Crippen LogP contribution in [0.15, 0.2) is 11.1 Å². The van der Waals surface area contributed by atoms with Crippen LogP contribution in [-0.2, 0) is 14.3 Å². The van der Waals surface area contributed by atoms with E-state index in [2.05, 4.69) is 13.8 Å². The van der Waals surface area contributed by atoms with E-state index in [1.54, 1.807) is 11.1 Å². The van der Waals surface area contributed by atoms with Crippen LogP contribution in [0.5, 0.6) is 0 Å². The predicted octanol–water partition coefficient (Wildman–Crippen LogP) is 4.26. The lowest BCUT2D eigenvalue weighted by atomic mass is 9.51. The van der Waals surface area contributed by atoms with Gasteiger partial charge in [0.1, 0.15) is 5.78 Å². The third-order valence-electron chi connectivity index (χ3n) is 8.24. The van der Waals surface area contributed by atoms with Crippen LogP contribution < -0.4 is 0 Å². The van der Waals surface area contributed by atoms with E-state index in [1.807, 2.05) is 0 Å². The van der Waals surface area contributed by atoms with Crippen molar-refractivity contribution in [3.63, 3.8) is 0 Å². The molecule has 24 heavy (non-hydrogen) atoms. The summed E-state index contributed by atoms with van der Waals surface area (Å²) < 4.78 is 12.0. The van der Waals surface area contributed by atoms with E-state index in [4.69, 9.17) is 9.47 Å². The van der Waals surface area contributed by atoms with Crippen molar-refractivity contribution in [3.8, 4) is 0 Å².